The first-order chi connectivity index (χ1) is 8.61. The SMILES string of the molecule is CC(C)(C)OC(=O)N1CCC2(CC1)COC(C)(C)O2. The Morgan fingerprint density at radius 2 is 1.79 bits per heavy atom. The van der Waals surface area contributed by atoms with Crippen molar-refractivity contribution in [2.75, 3.05) is 19.7 Å². The summed E-state index contributed by atoms with van der Waals surface area (Å²) in [7, 11) is 0. The van der Waals surface area contributed by atoms with Crippen molar-refractivity contribution in [3.05, 3.63) is 0 Å². The van der Waals surface area contributed by atoms with E-state index in [1.165, 1.54) is 0 Å². The van der Waals surface area contributed by atoms with Crippen molar-refractivity contribution in [1.82, 2.24) is 4.90 Å². The van der Waals surface area contributed by atoms with E-state index < -0.39 is 11.4 Å². The summed E-state index contributed by atoms with van der Waals surface area (Å²) >= 11 is 0. The average Bonchev–Trinajstić information content (AvgIpc) is 2.53. The van der Waals surface area contributed by atoms with E-state index in [9.17, 15) is 4.79 Å². The summed E-state index contributed by atoms with van der Waals surface area (Å²) in [5.74, 6) is -0.506. The standard InChI is InChI=1S/C14H25NO4/c1-12(2,3)18-11(16)15-8-6-14(7-9-15)10-17-13(4,5)19-14/h6-10H2,1-5H3. The second-order valence-electron chi connectivity index (χ2n) is 6.94. The fraction of sp³-hybridized carbons (Fsp3) is 0.929. The minimum absolute atomic E-state index is 0.220. The van der Waals surface area contributed by atoms with Crippen molar-refractivity contribution in [2.24, 2.45) is 0 Å². The van der Waals surface area contributed by atoms with Gasteiger partial charge in [0.25, 0.3) is 0 Å². The van der Waals surface area contributed by atoms with E-state index in [-0.39, 0.29) is 11.7 Å². The van der Waals surface area contributed by atoms with Gasteiger partial charge in [0.1, 0.15) is 5.60 Å². The molecule has 0 aromatic heterocycles. The van der Waals surface area contributed by atoms with Crippen LogP contribution in [0.15, 0.2) is 0 Å². The minimum atomic E-state index is -0.506. The number of ether oxygens (including phenoxy) is 3. The predicted molar refractivity (Wildman–Crippen MR) is 70.9 cm³/mol. The van der Waals surface area contributed by atoms with Gasteiger partial charge in [-0.2, -0.15) is 0 Å². The first-order valence-corrected chi connectivity index (χ1v) is 6.93. The lowest BCUT2D eigenvalue weighted by molar-refractivity contribution is -0.169. The van der Waals surface area contributed by atoms with Crippen LogP contribution < -0.4 is 0 Å². The molecule has 0 bridgehead atoms. The molecule has 0 aliphatic carbocycles. The van der Waals surface area contributed by atoms with Crippen LogP contribution >= 0.6 is 0 Å². The highest BCUT2D eigenvalue weighted by molar-refractivity contribution is 5.68. The molecular formula is C14H25NO4. The van der Waals surface area contributed by atoms with Crippen LogP contribution in [0.25, 0.3) is 0 Å². The third kappa shape index (κ3) is 3.60. The first kappa shape index (κ1) is 14.6. The molecule has 5 heteroatoms. The van der Waals surface area contributed by atoms with Crippen molar-refractivity contribution < 1.29 is 19.0 Å². The van der Waals surface area contributed by atoms with Crippen LogP contribution in [0.3, 0.4) is 0 Å². The van der Waals surface area contributed by atoms with Crippen LogP contribution in [0.2, 0.25) is 0 Å². The van der Waals surface area contributed by atoms with Gasteiger partial charge in [-0.05, 0) is 47.5 Å². The van der Waals surface area contributed by atoms with Crippen LogP contribution in [-0.2, 0) is 14.2 Å². The summed E-state index contributed by atoms with van der Waals surface area (Å²) in [5, 5.41) is 0. The van der Waals surface area contributed by atoms with Crippen LogP contribution in [0.1, 0.15) is 47.5 Å². The Kier molecular flexibility index (Phi) is 3.56. The Hall–Kier alpha value is -0.810. The lowest BCUT2D eigenvalue weighted by Gasteiger charge is -2.38. The molecule has 110 valence electrons. The predicted octanol–water partition coefficient (Wildman–Crippen LogP) is 2.54. The fourth-order valence-electron chi connectivity index (χ4n) is 2.56. The molecule has 0 atom stereocenters. The van der Waals surface area contributed by atoms with Gasteiger partial charge in [-0.25, -0.2) is 4.79 Å². The second kappa shape index (κ2) is 4.63. The maximum Gasteiger partial charge on any atom is 0.410 e. The van der Waals surface area contributed by atoms with Crippen molar-refractivity contribution in [3.8, 4) is 0 Å². The number of hydrogen-bond donors (Lipinski definition) is 0. The molecule has 2 aliphatic heterocycles. The molecule has 5 nitrogen and oxygen atoms in total. The molecule has 1 spiro atoms. The van der Waals surface area contributed by atoms with Crippen LogP contribution in [0, 0.1) is 0 Å². The quantitative estimate of drug-likeness (QED) is 0.679. The van der Waals surface area contributed by atoms with E-state index in [4.69, 9.17) is 14.2 Å². The number of rotatable bonds is 0. The summed E-state index contributed by atoms with van der Waals surface area (Å²) in [4.78, 5) is 13.7. The van der Waals surface area contributed by atoms with E-state index in [1.54, 1.807) is 4.90 Å². The topological polar surface area (TPSA) is 48.0 Å². The largest absolute Gasteiger partial charge is 0.444 e. The highest BCUT2D eigenvalue weighted by atomic mass is 16.8. The molecule has 1 amide bonds. The lowest BCUT2D eigenvalue weighted by atomic mass is 9.92. The van der Waals surface area contributed by atoms with Gasteiger partial charge in [0.05, 0.1) is 12.2 Å². The summed E-state index contributed by atoms with van der Waals surface area (Å²) in [6.45, 7) is 11.4. The van der Waals surface area contributed by atoms with Gasteiger partial charge in [0.15, 0.2) is 5.79 Å². The van der Waals surface area contributed by atoms with Gasteiger partial charge in [-0.15, -0.1) is 0 Å². The van der Waals surface area contributed by atoms with E-state index in [0.29, 0.717) is 19.7 Å². The molecule has 0 aromatic carbocycles. The number of amides is 1. The highest BCUT2D eigenvalue weighted by Gasteiger charge is 2.47. The van der Waals surface area contributed by atoms with Crippen molar-refractivity contribution in [3.63, 3.8) is 0 Å². The lowest BCUT2D eigenvalue weighted by Crippen LogP contribution is -2.49. The molecule has 0 radical (unpaired) electrons. The molecule has 0 aromatic rings. The molecule has 2 saturated heterocycles. The Balaban J connectivity index is 1.88. The molecule has 2 rings (SSSR count). The normalized spacial score (nSPS) is 25.6. The summed E-state index contributed by atoms with van der Waals surface area (Å²) in [5.41, 5.74) is -0.664. The minimum Gasteiger partial charge on any atom is -0.444 e. The van der Waals surface area contributed by atoms with Gasteiger partial charge in [0.2, 0.25) is 0 Å². The van der Waals surface area contributed by atoms with Crippen molar-refractivity contribution in [1.29, 1.82) is 0 Å². The Labute approximate surface area is 115 Å². The van der Waals surface area contributed by atoms with Crippen LogP contribution in [0.5, 0.6) is 0 Å². The van der Waals surface area contributed by atoms with Gasteiger partial charge in [0, 0.05) is 13.1 Å². The van der Waals surface area contributed by atoms with Gasteiger partial charge < -0.3 is 19.1 Å². The summed E-state index contributed by atoms with van der Waals surface area (Å²) in [6.07, 6.45) is 1.37. The average molecular weight is 271 g/mol. The molecular weight excluding hydrogens is 246 g/mol. The van der Waals surface area contributed by atoms with E-state index in [1.807, 2.05) is 34.6 Å². The van der Waals surface area contributed by atoms with Gasteiger partial charge in [-0.1, -0.05) is 0 Å². The molecule has 0 saturated carbocycles. The Bertz CT molecular complexity index is 351. The zero-order valence-electron chi connectivity index (χ0n) is 12.6. The maximum atomic E-state index is 12.0. The van der Waals surface area contributed by atoms with Crippen molar-refractivity contribution >= 4 is 6.09 Å². The number of carbonyl (C=O) groups is 1. The van der Waals surface area contributed by atoms with E-state index in [0.717, 1.165) is 12.8 Å². The second-order valence-corrected chi connectivity index (χ2v) is 6.94. The maximum absolute atomic E-state index is 12.0. The smallest absolute Gasteiger partial charge is 0.410 e. The number of likely N-dealkylation sites (tertiary alicyclic amines) is 1. The Morgan fingerprint density at radius 3 is 2.21 bits per heavy atom. The zero-order valence-corrected chi connectivity index (χ0v) is 12.6. The highest BCUT2D eigenvalue weighted by Crippen LogP contribution is 2.38. The third-order valence-electron chi connectivity index (χ3n) is 3.47. The van der Waals surface area contributed by atoms with Crippen LogP contribution in [0.4, 0.5) is 4.79 Å². The van der Waals surface area contributed by atoms with Crippen molar-refractivity contribution in [2.45, 2.75) is 64.4 Å². The van der Waals surface area contributed by atoms with Gasteiger partial charge in [-0.3, -0.25) is 0 Å². The Morgan fingerprint density at radius 1 is 1.21 bits per heavy atom. The zero-order chi connectivity index (χ0) is 14.3. The van der Waals surface area contributed by atoms with E-state index >= 15 is 0 Å². The summed E-state index contributed by atoms with van der Waals surface area (Å²) in [6, 6.07) is 0. The summed E-state index contributed by atoms with van der Waals surface area (Å²) < 4.78 is 17.0. The molecule has 2 aliphatic rings. The number of piperidine rings is 1. The molecule has 0 unspecified atom stereocenters. The first-order valence-electron chi connectivity index (χ1n) is 6.93. The molecule has 0 N–H and O–H groups in total. The molecule has 2 heterocycles. The van der Waals surface area contributed by atoms with E-state index in [2.05, 4.69) is 0 Å². The number of nitrogens with zero attached hydrogens (tertiary/aromatic N) is 1. The monoisotopic (exact) mass is 271 g/mol. The number of carbonyl (C=O) groups excluding carboxylic acids is 1. The number of hydrogen-bond acceptors (Lipinski definition) is 4. The molecule has 19 heavy (non-hydrogen) atoms. The molecule has 2 fully saturated rings. The van der Waals surface area contributed by atoms with Gasteiger partial charge >= 0.3 is 6.09 Å². The fourth-order valence-corrected chi connectivity index (χ4v) is 2.56. The third-order valence-corrected chi connectivity index (χ3v) is 3.47. The van der Waals surface area contributed by atoms with Crippen LogP contribution in [-0.4, -0.2) is 47.7 Å².